The average molecular weight is 313 g/mol. The minimum absolute atomic E-state index is 0.0681. The molecule has 0 aliphatic carbocycles. The normalized spacial score (nSPS) is 11.7. The third-order valence-electron chi connectivity index (χ3n) is 3.88. The van der Waals surface area contributed by atoms with Gasteiger partial charge < -0.3 is 14.8 Å². The summed E-state index contributed by atoms with van der Waals surface area (Å²) in [5.41, 5.74) is 2.91. The Morgan fingerprint density at radius 1 is 1.04 bits per heavy atom. The van der Waals surface area contributed by atoms with Crippen molar-refractivity contribution in [1.29, 1.82) is 0 Å². The number of rotatable bonds is 6. The molecule has 2 aromatic rings. The van der Waals surface area contributed by atoms with Crippen molar-refractivity contribution < 1.29 is 14.3 Å². The molecular formula is C19H23NO3. The Morgan fingerprint density at radius 3 is 2.26 bits per heavy atom. The van der Waals surface area contributed by atoms with Crippen LogP contribution in [0.3, 0.4) is 0 Å². The lowest BCUT2D eigenvalue weighted by Gasteiger charge is -2.16. The van der Waals surface area contributed by atoms with Gasteiger partial charge in [0.25, 0.3) is 5.91 Å². The zero-order chi connectivity index (χ0) is 16.8. The number of benzene rings is 2. The van der Waals surface area contributed by atoms with Gasteiger partial charge in [0.2, 0.25) is 0 Å². The van der Waals surface area contributed by atoms with Crippen LogP contribution < -0.4 is 14.8 Å². The van der Waals surface area contributed by atoms with Gasteiger partial charge in [0, 0.05) is 5.56 Å². The first kappa shape index (κ1) is 16.9. The van der Waals surface area contributed by atoms with Gasteiger partial charge in [0.15, 0.2) is 11.5 Å². The summed E-state index contributed by atoms with van der Waals surface area (Å²) in [6.07, 6.45) is 1.01. The number of methoxy groups -OCH3 is 2. The molecule has 4 heteroatoms. The van der Waals surface area contributed by atoms with Crippen LogP contribution in [-0.2, 0) is 6.42 Å². The van der Waals surface area contributed by atoms with Crippen molar-refractivity contribution in [2.75, 3.05) is 14.2 Å². The van der Waals surface area contributed by atoms with Gasteiger partial charge in [-0.1, -0.05) is 31.2 Å². The van der Waals surface area contributed by atoms with Crippen LogP contribution in [0.2, 0.25) is 0 Å². The number of hydrogen-bond acceptors (Lipinski definition) is 3. The Balaban J connectivity index is 2.11. The van der Waals surface area contributed by atoms with E-state index in [2.05, 4.69) is 36.5 Å². The highest BCUT2D eigenvalue weighted by atomic mass is 16.5. The molecule has 1 N–H and O–H groups in total. The monoisotopic (exact) mass is 313 g/mol. The van der Waals surface area contributed by atoms with E-state index < -0.39 is 0 Å². The highest BCUT2D eigenvalue weighted by molar-refractivity contribution is 5.95. The van der Waals surface area contributed by atoms with Crippen LogP contribution in [-0.4, -0.2) is 20.1 Å². The number of carbonyl (C=O) groups is 1. The molecule has 0 aromatic heterocycles. The molecule has 23 heavy (non-hydrogen) atoms. The van der Waals surface area contributed by atoms with Crippen molar-refractivity contribution in [3.8, 4) is 11.5 Å². The largest absolute Gasteiger partial charge is 0.493 e. The van der Waals surface area contributed by atoms with Crippen molar-refractivity contribution in [1.82, 2.24) is 5.32 Å². The van der Waals surface area contributed by atoms with Crippen LogP contribution in [0.5, 0.6) is 11.5 Å². The van der Waals surface area contributed by atoms with Gasteiger partial charge in [-0.05, 0) is 42.7 Å². The molecule has 1 unspecified atom stereocenters. The predicted octanol–water partition coefficient (Wildman–Crippen LogP) is 3.76. The highest BCUT2D eigenvalue weighted by Crippen LogP contribution is 2.27. The van der Waals surface area contributed by atoms with E-state index in [1.807, 2.05) is 6.92 Å². The third-order valence-corrected chi connectivity index (χ3v) is 3.88. The lowest BCUT2D eigenvalue weighted by atomic mass is 10.0. The second-order valence-corrected chi connectivity index (χ2v) is 5.36. The highest BCUT2D eigenvalue weighted by Gasteiger charge is 2.14. The maximum absolute atomic E-state index is 12.4. The summed E-state index contributed by atoms with van der Waals surface area (Å²) in [6.45, 7) is 4.09. The fourth-order valence-corrected chi connectivity index (χ4v) is 2.38. The van der Waals surface area contributed by atoms with E-state index in [0.717, 1.165) is 12.0 Å². The van der Waals surface area contributed by atoms with Crippen LogP contribution in [0.4, 0.5) is 0 Å². The second kappa shape index (κ2) is 7.68. The first-order valence-electron chi connectivity index (χ1n) is 7.70. The summed E-state index contributed by atoms with van der Waals surface area (Å²) in [7, 11) is 3.12. The molecule has 0 aliphatic heterocycles. The van der Waals surface area contributed by atoms with Crippen molar-refractivity contribution in [2.24, 2.45) is 0 Å². The number of amides is 1. The van der Waals surface area contributed by atoms with Gasteiger partial charge in [0.05, 0.1) is 20.3 Å². The molecule has 0 bridgehead atoms. The van der Waals surface area contributed by atoms with Crippen molar-refractivity contribution in [3.05, 3.63) is 59.2 Å². The van der Waals surface area contributed by atoms with E-state index in [-0.39, 0.29) is 11.9 Å². The average Bonchev–Trinajstić information content (AvgIpc) is 2.60. The smallest absolute Gasteiger partial charge is 0.251 e. The molecule has 0 heterocycles. The zero-order valence-electron chi connectivity index (χ0n) is 14.1. The summed E-state index contributed by atoms with van der Waals surface area (Å²) in [5, 5.41) is 3.00. The van der Waals surface area contributed by atoms with E-state index in [1.165, 1.54) is 5.56 Å². The zero-order valence-corrected chi connectivity index (χ0v) is 14.1. The Morgan fingerprint density at radius 2 is 1.70 bits per heavy atom. The van der Waals surface area contributed by atoms with Crippen molar-refractivity contribution in [3.63, 3.8) is 0 Å². The van der Waals surface area contributed by atoms with Gasteiger partial charge in [-0.15, -0.1) is 0 Å². The molecule has 1 atom stereocenters. The molecular weight excluding hydrogens is 290 g/mol. The number of hydrogen-bond donors (Lipinski definition) is 1. The molecule has 0 saturated carbocycles. The van der Waals surface area contributed by atoms with Crippen molar-refractivity contribution >= 4 is 5.91 Å². The Kier molecular flexibility index (Phi) is 5.63. The predicted molar refractivity (Wildman–Crippen MR) is 91.2 cm³/mol. The van der Waals surface area contributed by atoms with Gasteiger partial charge >= 0.3 is 0 Å². The lowest BCUT2D eigenvalue weighted by Crippen LogP contribution is -2.26. The maximum Gasteiger partial charge on any atom is 0.251 e. The summed E-state index contributed by atoms with van der Waals surface area (Å²) in [5.74, 6) is 1.00. The van der Waals surface area contributed by atoms with Crippen LogP contribution in [0, 0.1) is 0 Å². The summed E-state index contributed by atoms with van der Waals surface area (Å²) in [4.78, 5) is 12.4. The Bertz CT molecular complexity index is 665. The topological polar surface area (TPSA) is 47.6 Å². The maximum atomic E-state index is 12.4. The van der Waals surface area contributed by atoms with Gasteiger partial charge in [-0.2, -0.15) is 0 Å². The van der Waals surface area contributed by atoms with E-state index in [0.29, 0.717) is 17.1 Å². The number of nitrogens with one attached hydrogen (secondary N) is 1. The Hall–Kier alpha value is -2.49. The molecule has 2 rings (SSSR count). The van der Waals surface area contributed by atoms with Crippen LogP contribution in [0.1, 0.15) is 41.4 Å². The van der Waals surface area contributed by atoms with Gasteiger partial charge in [-0.25, -0.2) is 0 Å². The SMILES string of the molecule is CCc1ccc(C(C)NC(=O)c2ccc(OC)c(OC)c2)cc1. The van der Waals surface area contributed by atoms with E-state index in [4.69, 9.17) is 9.47 Å². The number of aryl methyl sites for hydroxylation is 1. The summed E-state index contributed by atoms with van der Waals surface area (Å²) >= 11 is 0. The first-order chi connectivity index (χ1) is 11.1. The molecule has 4 nitrogen and oxygen atoms in total. The first-order valence-corrected chi connectivity index (χ1v) is 7.70. The molecule has 2 aromatic carbocycles. The Labute approximate surface area is 137 Å². The van der Waals surface area contributed by atoms with Crippen LogP contribution in [0.15, 0.2) is 42.5 Å². The standard InChI is InChI=1S/C19H23NO3/c1-5-14-6-8-15(9-7-14)13(2)20-19(21)16-10-11-17(22-3)18(12-16)23-4/h6-13H,5H2,1-4H3,(H,20,21). The molecule has 1 amide bonds. The van der Waals surface area contributed by atoms with E-state index >= 15 is 0 Å². The summed E-state index contributed by atoms with van der Waals surface area (Å²) in [6, 6.07) is 13.4. The lowest BCUT2D eigenvalue weighted by molar-refractivity contribution is 0.0939. The van der Waals surface area contributed by atoms with Gasteiger partial charge in [-0.3, -0.25) is 4.79 Å². The van der Waals surface area contributed by atoms with E-state index in [9.17, 15) is 4.79 Å². The molecule has 0 saturated heterocycles. The minimum atomic E-state index is -0.141. The minimum Gasteiger partial charge on any atom is -0.493 e. The molecule has 0 fully saturated rings. The molecule has 0 spiro atoms. The summed E-state index contributed by atoms with van der Waals surface area (Å²) < 4.78 is 10.4. The van der Waals surface area contributed by atoms with E-state index in [1.54, 1.807) is 32.4 Å². The van der Waals surface area contributed by atoms with Crippen LogP contribution in [0.25, 0.3) is 0 Å². The van der Waals surface area contributed by atoms with Crippen molar-refractivity contribution in [2.45, 2.75) is 26.3 Å². The fourth-order valence-electron chi connectivity index (χ4n) is 2.38. The number of ether oxygens (including phenoxy) is 2. The van der Waals surface area contributed by atoms with Gasteiger partial charge in [0.1, 0.15) is 0 Å². The number of carbonyl (C=O) groups excluding carboxylic acids is 1. The molecule has 0 radical (unpaired) electrons. The fraction of sp³-hybridized carbons (Fsp3) is 0.316. The quantitative estimate of drug-likeness (QED) is 0.883. The third kappa shape index (κ3) is 4.03. The van der Waals surface area contributed by atoms with Crippen LogP contribution >= 0.6 is 0 Å². The molecule has 0 aliphatic rings. The second-order valence-electron chi connectivity index (χ2n) is 5.36. The molecule has 122 valence electrons.